The van der Waals surface area contributed by atoms with E-state index in [9.17, 15) is 0 Å². The highest BCUT2D eigenvalue weighted by molar-refractivity contribution is 6.23. The summed E-state index contributed by atoms with van der Waals surface area (Å²) >= 11 is 0. The van der Waals surface area contributed by atoms with Gasteiger partial charge in [0, 0.05) is 43.7 Å². The van der Waals surface area contributed by atoms with Gasteiger partial charge in [-0.05, 0) is 80.7 Å². The molecule has 0 aliphatic rings. The molecule has 57 heavy (non-hydrogen) atoms. The van der Waals surface area contributed by atoms with Crippen molar-refractivity contribution in [3.05, 3.63) is 200 Å². The Labute approximate surface area is 328 Å². The number of benzene rings is 9. The van der Waals surface area contributed by atoms with Crippen molar-refractivity contribution in [2.24, 2.45) is 0 Å². The molecule has 0 saturated heterocycles. The number of pyridine rings is 2. The lowest BCUT2D eigenvalue weighted by atomic mass is 9.86. The van der Waals surface area contributed by atoms with Crippen LogP contribution < -0.4 is 0 Å². The van der Waals surface area contributed by atoms with Crippen molar-refractivity contribution in [3.63, 3.8) is 0 Å². The van der Waals surface area contributed by atoms with Crippen molar-refractivity contribution in [1.82, 2.24) is 14.5 Å². The Morgan fingerprint density at radius 1 is 0.316 bits per heavy atom. The fourth-order valence-electron chi connectivity index (χ4n) is 9.29. The standard InChI is InChI=1S/C54H33N3/c1-3-15-34(16-4-1)50-43-24-11-13-25-46(43)55-54-44(50)30-27-35-28-31-47(56-53(35)54)52-41-22-9-7-20-39(41)51(40-21-8-10-23-42(40)52)36-29-32-49-45(33-36)38-19-12-14-26-48(38)57(49)37-17-5-2-6-18-37/h1-33H. The molecular formula is C54H33N3. The molecule has 0 radical (unpaired) electrons. The zero-order chi connectivity index (χ0) is 37.5. The summed E-state index contributed by atoms with van der Waals surface area (Å²) < 4.78 is 2.38. The van der Waals surface area contributed by atoms with Crippen molar-refractivity contribution in [3.8, 4) is 39.2 Å². The molecule has 0 amide bonds. The smallest absolute Gasteiger partial charge is 0.0978 e. The molecule has 264 valence electrons. The molecule has 0 N–H and O–H groups in total. The van der Waals surface area contributed by atoms with Crippen molar-refractivity contribution < 1.29 is 0 Å². The normalized spacial score (nSPS) is 11.9. The minimum atomic E-state index is 0.908. The molecule has 0 fully saturated rings. The molecule has 0 saturated carbocycles. The molecule has 0 atom stereocenters. The van der Waals surface area contributed by atoms with Gasteiger partial charge in [-0.25, -0.2) is 9.97 Å². The summed E-state index contributed by atoms with van der Waals surface area (Å²) in [6, 6.07) is 72.0. The van der Waals surface area contributed by atoms with Gasteiger partial charge in [-0.3, -0.25) is 0 Å². The Hall–Kier alpha value is -7.62. The number of hydrogen-bond donors (Lipinski definition) is 0. The average Bonchev–Trinajstić information content (AvgIpc) is 3.61. The lowest BCUT2D eigenvalue weighted by Gasteiger charge is -2.18. The van der Waals surface area contributed by atoms with E-state index < -0.39 is 0 Å². The number of hydrogen-bond acceptors (Lipinski definition) is 2. The van der Waals surface area contributed by atoms with Gasteiger partial charge in [0.1, 0.15) is 0 Å². The first kappa shape index (κ1) is 31.7. The second kappa shape index (κ2) is 12.5. The fourth-order valence-corrected chi connectivity index (χ4v) is 9.29. The third-order valence-electron chi connectivity index (χ3n) is 11.7. The maximum Gasteiger partial charge on any atom is 0.0978 e. The van der Waals surface area contributed by atoms with Crippen LogP contribution in [0.4, 0.5) is 0 Å². The van der Waals surface area contributed by atoms with E-state index in [-0.39, 0.29) is 0 Å². The first-order valence-electron chi connectivity index (χ1n) is 19.5. The first-order valence-corrected chi connectivity index (χ1v) is 19.5. The van der Waals surface area contributed by atoms with Crippen molar-refractivity contribution in [1.29, 1.82) is 0 Å². The third kappa shape index (κ3) is 4.79. The van der Waals surface area contributed by atoms with E-state index in [1.165, 1.54) is 65.6 Å². The summed E-state index contributed by atoms with van der Waals surface area (Å²) in [5.41, 5.74) is 13.2. The lowest BCUT2D eigenvalue weighted by molar-refractivity contribution is 1.18. The highest BCUT2D eigenvalue weighted by Crippen LogP contribution is 2.45. The molecular weight excluding hydrogens is 691 g/mol. The Morgan fingerprint density at radius 3 is 1.61 bits per heavy atom. The van der Waals surface area contributed by atoms with Crippen molar-refractivity contribution in [2.45, 2.75) is 0 Å². The second-order valence-electron chi connectivity index (χ2n) is 14.9. The van der Waals surface area contributed by atoms with Gasteiger partial charge in [-0.2, -0.15) is 0 Å². The molecule has 3 nitrogen and oxygen atoms in total. The van der Waals surface area contributed by atoms with Crippen LogP contribution in [0.25, 0.3) is 115 Å². The van der Waals surface area contributed by atoms with Gasteiger partial charge in [-0.1, -0.05) is 158 Å². The summed E-state index contributed by atoms with van der Waals surface area (Å²) in [4.78, 5) is 10.9. The summed E-state index contributed by atoms with van der Waals surface area (Å²) in [6.45, 7) is 0. The summed E-state index contributed by atoms with van der Waals surface area (Å²) in [5.74, 6) is 0. The van der Waals surface area contributed by atoms with Gasteiger partial charge in [0.25, 0.3) is 0 Å². The van der Waals surface area contributed by atoms with E-state index in [1.54, 1.807) is 0 Å². The minimum Gasteiger partial charge on any atom is -0.309 e. The summed E-state index contributed by atoms with van der Waals surface area (Å²) in [7, 11) is 0. The monoisotopic (exact) mass is 723 g/mol. The van der Waals surface area contributed by atoms with Gasteiger partial charge < -0.3 is 4.57 Å². The summed E-state index contributed by atoms with van der Waals surface area (Å²) in [5, 5.41) is 10.5. The van der Waals surface area contributed by atoms with Crippen LogP contribution >= 0.6 is 0 Å². The molecule has 0 spiro atoms. The highest BCUT2D eigenvalue weighted by Gasteiger charge is 2.21. The molecule has 0 aliphatic heterocycles. The van der Waals surface area contributed by atoms with Crippen LogP contribution in [0.1, 0.15) is 0 Å². The van der Waals surface area contributed by atoms with Crippen LogP contribution in [0.15, 0.2) is 200 Å². The van der Waals surface area contributed by atoms with Crippen LogP contribution in [0.2, 0.25) is 0 Å². The van der Waals surface area contributed by atoms with Crippen LogP contribution in [0.5, 0.6) is 0 Å². The van der Waals surface area contributed by atoms with E-state index in [4.69, 9.17) is 9.97 Å². The highest BCUT2D eigenvalue weighted by atomic mass is 15.0. The van der Waals surface area contributed by atoms with Crippen LogP contribution in [-0.2, 0) is 0 Å². The second-order valence-corrected chi connectivity index (χ2v) is 14.9. The van der Waals surface area contributed by atoms with Gasteiger partial charge in [0.05, 0.1) is 33.3 Å². The summed E-state index contributed by atoms with van der Waals surface area (Å²) in [6.07, 6.45) is 0. The average molecular weight is 724 g/mol. The van der Waals surface area contributed by atoms with E-state index in [2.05, 4.69) is 205 Å². The number of rotatable bonds is 4. The first-order chi connectivity index (χ1) is 28.3. The quantitative estimate of drug-likeness (QED) is 0.134. The maximum absolute atomic E-state index is 5.56. The van der Waals surface area contributed by atoms with E-state index in [1.807, 2.05) is 0 Å². The van der Waals surface area contributed by atoms with Gasteiger partial charge in [0.15, 0.2) is 0 Å². The van der Waals surface area contributed by atoms with Crippen LogP contribution in [-0.4, -0.2) is 14.5 Å². The third-order valence-corrected chi connectivity index (χ3v) is 11.7. The Morgan fingerprint density at radius 2 is 0.877 bits per heavy atom. The van der Waals surface area contributed by atoms with Gasteiger partial charge in [-0.15, -0.1) is 0 Å². The lowest BCUT2D eigenvalue weighted by Crippen LogP contribution is -1.95. The zero-order valence-electron chi connectivity index (χ0n) is 30.9. The van der Waals surface area contributed by atoms with Crippen LogP contribution in [0.3, 0.4) is 0 Å². The van der Waals surface area contributed by atoms with E-state index in [0.717, 1.165) is 49.7 Å². The topological polar surface area (TPSA) is 30.7 Å². The molecule has 0 bridgehead atoms. The SMILES string of the molecule is c1ccc(-c2c3ccccc3nc3c2ccc2ccc(-c4c5ccccc5c(-c5ccc6c(c5)c5ccccc5n6-c5ccccc5)c5ccccc45)nc23)cc1. The van der Waals surface area contributed by atoms with E-state index >= 15 is 0 Å². The van der Waals surface area contributed by atoms with Gasteiger partial charge >= 0.3 is 0 Å². The number of para-hydroxylation sites is 3. The molecule has 0 unspecified atom stereocenters. The molecule has 3 aromatic heterocycles. The number of nitrogens with zero attached hydrogens (tertiary/aromatic N) is 3. The number of fused-ring (bicyclic) bond motifs is 9. The van der Waals surface area contributed by atoms with Gasteiger partial charge in [0.2, 0.25) is 0 Å². The molecule has 12 aromatic rings. The predicted octanol–water partition coefficient (Wildman–Crippen LogP) is 14.3. The number of aromatic nitrogens is 3. The van der Waals surface area contributed by atoms with E-state index in [0.29, 0.717) is 0 Å². The van der Waals surface area contributed by atoms with Crippen molar-refractivity contribution >= 4 is 76.1 Å². The maximum atomic E-state index is 5.56. The Bertz CT molecular complexity index is 3510. The molecule has 9 aromatic carbocycles. The Kier molecular flexibility index (Phi) is 6.93. The largest absolute Gasteiger partial charge is 0.309 e. The zero-order valence-corrected chi connectivity index (χ0v) is 30.9. The molecule has 3 heteroatoms. The fraction of sp³-hybridized carbons (Fsp3) is 0. The predicted molar refractivity (Wildman–Crippen MR) is 240 cm³/mol. The Balaban J connectivity index is 1.12. The molecule has 3 heterocycles. The molecule has 0 aliphatic carbocycles. The minimum absolute atomic E-state index is 0.908. The van der Waals surface area contributed by atoms with Crippen LogP contribution in [0, 0.1) is 0 Å². The van der Waals surface area contributed by atoms with Crippen molar-refractivity contribution in [2.75, 3.05) is 0 Å². The molecule has 12 rings (SSSR count).